The van der Waals surface area contributed by atoms with Crippen molar-refractivity contribution in [3.05, 3.63) is 42.2 Å². The highest BCUT2D eigenvalue weighted by molar-refractivity contribution is 5.99. The van der Waals surface area contributed by atoms with Gasteiger partial charge in [-0.1, -0.05) is 12.1 Å². The van der Waals surface area contributed by atoms with Gasteiger partial charge in [-0.15, -0.1) is 5.06 Å². The van der Waals surface area contributed by atoms with Gasteiger partial charge in [-0.2, -0.15) is 0 Å². The van der Waals surface area contributed by atoms with Crippen LogP contribution in [0.4, 0.5) is 11.4 Å². The molecule has 0 fully saturated rings. The highest BCUT2D eigenvalue weighted by Crippen LogP contribution is 2.35. The van der Waals surface area contributed by atoms with Gasteiger partial charge >= 0.3 is 11.4 Å². The molecular formula is C13H14N2O4+2. The summed E-state index contributed by atoms with van der Waals surface area (Å²) in [6, 6.07) is 4.14. The molecule has 6 heteroatoms. The number of rotatable bonds is 1. The topological polar surface area (TPSA) is 77.4 Å². The van der Waals surface area contributed by atoms with Crippen molar-refractivity contribution in [3.8, 4) is 5.75 Å². The van der Waals surface area contributed by atoms with E-state index in [0.717, 1.165) is 0 Å². The minimum Gasteiger partial charge on any atom is -0.506 e. The van der Waals surface area contributed by atoms with E-state index in [9.17, 15) is 15.4 Å². The number of hydrogen-bond acceptors (Lipinski definition) is 4. The summed E-state index contributed by atoms with van der Waals surface area (Å²) in [6.07, 6.45) is 4.90. The van der Waals surface area contributed by atoms with Gasteiger partial charge in [-0.25, -0.2) is 5.21 Å². The lowest BCUT2D eigenvalue weighted by Crippen LogP contribution is -3.11. The Kier molecular flexibility index (Phi) is 2.55. The van der Waals surface area contributed by atoms with Crippen molar-refractivity contribution in [2.45, 2.75) is 6.04 Å². The molecule has 0 spiro atoms. The van der Waals surface area contributed by atoms with E-state index in [2.05, 4.69) is 0 Å². The summed E-state index contributed by atoms with van der Waals surface area (Å²) < 4.78 is 1.41. The zero-order valence-corrected chi connectivity index (χ0v) is 10.2. The summed E-state index contributed by atoms with van der Waals surface area (Å²) in [5.41, 5.74) is 1.35. The molecule has 2 atom stereocenters. The SMILES string of the molecule is CO[N+]1=C2C=CC=C(O)C2[NH+](O)c2cccc(O)c21. The smallest absolute Gasteiger partial charge is 0.362 e. The first-order valence-electron chi connectivity index (χ1n) is 5.81. The summed E-state index contributed by atoms with van der Waals surface area (Å²) in [7, 11) is 1.46. The maximum absolute atomic E-state index is 10.3. The van der Waals surface area contributed by atoms with Gasteiger partial charge in [0, 0.05) is 16.9 Å². The molecule has 1 aliphatic carbocycles. The first-order valence-corrected chi connectivity index (χ1v) is 5.81. The van der Waals surface area contributed by atoms with Gasteiger partial charge in [-0.05, 0) is 12.1 Å². The van der Waals surface area contributed by atoms with Gasteiger partial charge in [0.25, 0.3) is 6.04 Å². The molecule has 3 rings (SSSR count). The average Bonchev–Trinajstić information content (AvgIpc) is 2.40. The van der Waals surface area contributed by atoms with Gasteiger partial charge in [0.1, 0.15) is 7.11 Å². The number of hydroxylamine groups is 1. The number of aliphatic hydroxyl groups excluding tert-OH is 1. The second-order valence-corrected chi connectivity index (χ2v) is 4.34. The van der Waals surface area contributed by atoms with Gasteiger partial charge < -0.3 is 10.2 Å². The normalized spacial score (nSPS) is 24.6. The Morgan fingerprint density at radius 3 is 2.84 bits per heavy atom. The van der Waals surface area contributed by atoms with Crippen LogP contribution in [0.1, 0.15) is 0 Å². The van der Waals surface area contributed by atoms with E-state index in [1.165, 1.54) is 24.0 Å². The lowest BCUT2D eigenvalue weighted by atomic mass is 10.0. The second kappa shape index (κ2) is 4.11. The van der Waals surface area contributed by atoms with Crippen LogP contribution in [0.5, 0.6) is 5.75 Å². The lowest BCUT2D eigenvalue weighted by molar-refractivity contribution is -1.05. The highest BCUT2D eigenvalue weighted by Gasteiger charge is 2.49. The number of phenolic OH excluding ortho intramolecular Hbond substituents is 1. The summed E-state index contributed by atoms with van der Waals surface area (Å²) in [5, 5.41) is 30.2. The molecule has 0 bridgehead atoms. The van der Waals surface area contributed by atoms with Crippen LogP contribution in [0.25, 0.3) is 0 Å². The number of para-hydroxylation sites is 1. The lowest BCUT2D eigenvalue weighted by Gasteiger charge is -2.24. The fourth-order valence-corrected chi connectivity index (χ4v) is 2.49. The van der Waals surface area contributed by atoms with Crippen molar-refractivity contribution in [1.82, 2.24) is 0 Å². The Morgan fingerprint density at radius 2 is 2.11 bits per heavy atom. The molecule has 1 aromatic rings. The van der Waals surface area contributed by atoms with Crippen LogP contribution < -0.4 is 5.06 Å². The predicted molar refractivity (Wildman–Crippen MR) is 66.1 cm³/mol. The second-order valence-electron chi connectivity index (χ2n) is 4.34. The molecule has 0 radical (unpaired) electrons. The number of benzene rings is 1. The molecule has 2 aliphatic rings. The third-order valence-corrected chi connectivity index (χ3v) is 3.31. The van der Waals surface area contributed by atoms with E-state index in [0.29, 0.717) is 17.1 Å². The highest BCUT2D eigenvalue weighted by atomic mass is 16.7. The van der Waals surface area contributed by atoms with Crippen LogP contribution in [-0.2, 0) is 4.84 Å². The first kappa shape index (κ1) is 11.8. The molecule has 19 heavy (non-hydrogen) atoms. The number of fused-ring (bicyclic) bond motifs is 2. The molecule has 0 aromatic heterocycles. The number of hydrogen-bond donors (Lipinski definition) is 4. The standard InChI is InChI=1S/C13H12N2O4/c1-19-15-9-5-3-6-10(16)12(9)14(18)8-4-2-7-11(17)13(8)15/h2-7,12,17-18H,1H3/p+2. The summed E-state index contributed by atoms with van der Waals surface area (Å²) in [4.78, 5) is 5.29. The molecule has 0 saturated carbocycles. The fraction of sp³-hybridized carbons (Fsp3) is 0.154. The Balaban J connectivity index is 2.32. The van der Waals surface area contributed by atoms with E-state index in [-0.39, 0.29) is 16.6 Å². The van der Waals surface area contributed by atoms with E-state index < -0.39 is 6.04 Å². The number of phenols is 1. The number of allylic oxidation sites excluding steroid dienone is 2. The molecule has 0 amide bonds. The maximum Gasteiger partial charge on any atom is 0.362 e. The van der Waals surface area contributed by atoms with Gasteiger partial charge in [0.2, 0.25) is 5.69 Å². The molecule has 2 unspecified atom stereocenters. The van der Waals surface area contributed by atoms with Crippen molar-refractivity contribution in [2.75, 3.05) is 7.11 Å². The van der Waals surface area contributed by atoms with Crippen LogP contribution in [0.15, 0.2) is 42.2 Å². The van der Waals surface area contributed by atoms with Crippen molar-refractivity contribution >= 4 is 17.1 Å². The number of nitrogens with one attached hydrogen (secondary N) is 1. The molecular weight excluding hydrogens is 248 g/mol. The van der Waals surface area contributed by atoms with Crippen molar-refractivity contribution in [3.63, 3.8) is 0 Å². The van der Waals surface area contributed by atoms with E-state index >= 15 is 0 Å². The molecule has 6 nitrogen and oxygen atoms in total. The molecule has 0 saturated heterocycles. The first-order chi connectivity index (χ1) is 9.15. The van der Waals surface area contributed by atoms with Crippen molar-refractivity contribution in [2.24, 2.45) is 0 Å². The molecule has 98 valence electrons. The van der Waals surface area contributed by atoms with E-state index in [1.54, 1.807) is 24.3 Å². The summed E-state index contributed by atoms with van der Waals surface area (Å²) >= 11 is 0. The Hall–Kier alpha value is -2.31. The largest absolute Gasteiger partial charge is 0.506 e. The van der Waals surface area contributed by atoms with Gasteiger partial charge in [-0.3, -0.25) is 4.84 Å². The predicted octanol–water partition coefficient (Wildman–Crippen LogP) is 0.338. The minimum atomic E-state index is -0.667. The quantitative estimate of drug-likeness (QED) is 0.550. The number of aliphatic hydroxyl groups is 1. The molecule has 1 heterocycles. The van der Waals surface area contributed by atoms with Crippen molar-refractivity contribution in [1.29, 1.82) is 0 Å². The number of quaternary nitrogens is 1. The maximum atomic E-state index is 10.3. The van der Waals surface area contributed by atoms with E-state index in [1.807, 2.05) is 0 Å². The van der Waals surface area contributed by atoms with Crippen LogP contribution in [0.3, 0.4) is 0 Å². The van der Waals surface area contributed by atoms with Gasteiger partial charge in [0.15, 0.2) is 11.5 Å². The number of aromatic hydroxyl groups is 1. The van der Waals surface area contributed by atoms with Crippen LogP contribution in [0, 0.1) is 0 Å². The monoisotopic (exact) mass is 262 g/mol. The zero-order chi connectivity index (χ0) is 13.6. The Morgan fingerprint density at radius 1 is 1.32 bits per heavy atom. The summed E-state index contributed by atoms with van der Waals surface area (Å²) in [5.74, 6) is 0.0327. The molecule has 1 aromatic carbocycles. The average molecular weight is 262 g/mol. The molecule has 1 aliphatic heterocycles. The van der Waals surface area contributed by atoms with E-state index in [4.69, 9.17) is 4.84 Å². The number of nitrogens with zero attached hydrogens (tertiary/aromatic N) is 1. The zero-order valence-electron chi connectivity index (χ0n) is 10.2. The van der Waals surface area contributed by atoms with Gasteiger partial charge in [0.05, 0.1) is 0 Å². The van der Waals surface area contributed by atoms with Crippen LogP contribution in [-0.4, -0.2) is 39.0 Å². The third kappa shape index (κ3) is 1.54. The van der Waals surface area contributed by atoms with Crippen molar-refractivity contribution < 1.29 is 30.1 Å². The van der Waals surface area contributed by atoms with Crippen LogP contribution >= 0.6 is 0 Å². The fourth-order valence-electron chi connectivity index (χ4n) is 2.49. The Labute approximate surface area is 109 Å². The third-order valence-electron chi connectivity index (χ3n) is 3.31. The molecule has 4 N–H and O–H groups in total. The summed E-state index contributed by atoms with van der Waals surface area (Å²) in [6.45, 7) is 0. The van der Waals surface area contributed by atoms with Crippen LogP contribution in [0.2, 0.25) is 0 Å². The minimum absolute atomic E-state index is 0.000655. The Bertz CT molecular complexity index is 634.